The van der Waals surface area contributed by atoms with Crippen molar-refractivity contribution in [3.63, 3.8) is 0 Å². The van der Waals surface area contributed by atoms with E-state index in [2.05, 4.69) is 4.98 Å². The molecule has 1 aliphatic heterocycles. The number of hydrogen-bond acceptors (Lipinski definition) is 5. The first-order valence-electron chi connectivity index (χ1n) is 8.46. The van der Waals surface area contributed by atoms with Crippen molar-refractivity contribution in [1.82, 2.24) is 9.38 Å². The molecule has 26 heavy (non-hydrogen) atoms. The number of carbonyl (C=O) groups excluding carboxylic acids is 1. The summed E-state index contributed by atoms with van der Waals surface area (Å²) >= 11 is 0. The van der Waals surface area contributed by atoms with Crippen molar-refractivity contribution in [3.8, 4) is 5.75 Å². The molecule has 0 N–H and O–H groups in total. The van der Waals surface area contributed by atoms with E-state index in [1.807, 2.05) is 37.3 Å². The number of hydrogen-bond donors (Lipinski definition) is 0. The number of pyridine rings is 1. The van der Waals surface area contributed by atoms with E-state index < -0.39 is 0 Å². The van der Waals surface area contributed by atoms with Crippen LogP contribution < -0.4 is 10.3 Å². The molecule has 1 aliphatic rings. The van der Waals surface area contributed by atoms with Crippen molar-refractivity contribution in [2.45, 2.75) is 20.0 Å². The summed E-state index contributed by atoms with van der Waals surface area (Å²) in [6.45, 7) is 2.17. The number of aromatic nitrogens is 2. The molecule has 132 valence electrons. The Morgan fingerprint density at radius 3 is 3.04 bits per heavy atom. The van der Waals surface area contributed by atoms with Crippen molar-refractivity contribution < 1.29 is 14.3 Å². The molecule has 0 bridgehead atoms. The highest BCUT2D eigenvalue weighted by atomic mass is 16.5. The summed E-state index contributed by atoms with van der Waals surface area (Å²) in [4.78, 5) is 28.9. The fourth-order valence-electron chi connectivity index (χ4n) is 3.07. The predicted molar refractivity (Wildman–Crippen MR) is 95.1 cm³/mol. The number of rotatable bonds is 3. The summed E-state index contributed by atoms with van der Waals surface area (Å²) in [6.07, 6.45) is 2.32. The molecule has 0 aliphatic carbocycles. The van der Waals surface area contributed by atoms with Crippen molar-refractivity contribution in [1.29, 1.82) is 0 Å². The van der Waals surface area contributed by atoms with E-state index in [0.717, 1.165) is 16.9 Å². The van der Waals surface area contributed by atoms with Gasteiger partial charge in [-0.15, -0.1) is 0 Å². The minimum atomic E-state index is -0.353. The zero-order valence-electron chi connectivity index (χ0n) is 14.3. The van der Waals surface area contributed by atoms with Crippen molar-refractivity contribution in [3.05, 3.63) is 75.8 Å². The van der Waals surface area contributed by atoms with E-state index in [0.29, 0.717) is 24.4 Å². The van der Waals surface area contributed by atoms with E-state index >= 15 is 0 Å². The van der Waals surface area contributed by atoms with Crippen LogP contribution in [0.4, 0.5) is 0 Å². The van der Waals surface area contributed by atoms with Gasteiger partial charge < -0.3 is 9.47 Å². The van der Waals surface area contributed by atoms with Gasteiger partial charge >= 0.3 is 5.97 Å². The Labute approximate surface area is 150 Å². The van der Waals surface area contributed by atoms with Gasteiger partial charge in [0.1, 0.15) is 24.6 Å². The van der Waals surface area contributed by atoms with Crippen LogP contribution in [0.25, 0.3) is 5.65 Å². The SMILES string of the molecule is Cc1ccc2nc(COC(=O)C3COc4ccccc4C3)cc(=O)n2c1. The molecule has 3 heterocycles. The molecule has 0 fully saturated rings. The highest BCUT2D eigenvalue weighted by molar-refractivity contribution is 5.73. The number of nitrogens with zero attached hydrogens (tertiary/aromatic N) is 2. The lowest BCUT2D eigenvalue weighted by molar-refractivity contribution is -0.151. The maximum atomic E-state index is 12.4. The van der Waals surface area contributed by atoms with Gasteiger partial charge in [0.05, 0.1) is 11.6 Å². The molecule has 1 atom stereocenters. The molecular formula is C20H18N2O4. The normalized spacial score (nSPS) is 16.0. The summed E-state index contributed by atoms with van der Waals surface area (Å²) in [6, 6.07) is 12.7. The van der Waals surface area contributed by atoms with E-state index in [1.165, 1.54) is 10.5 Å². The van der Waals surface area contributed by atoms with Gasteiger partial charge in [0.15, 0.2) is 0 Å². The highest BCUT2D eigenvalue weighted by Gasteiger charge is 2.27. The third kappa shape index (κ3) is 3.18. The molecule has 6 nitrogen and oxygen atoms in total. The van der Waals surface area contributed by atoms with Gasteiger partial charge in [-0.3, -0.25) is 14.0 Å². The maximum absolute atomic E-state index is 12.4. The van der Waals surface area contributed by atoms with Gasteiger partial charge in [0.25, 0.3) is 5.56 Å². The molecule has 4 rings (SSSR count). The van der Waals surface area contributed by atoms with Gasteiger partial charge in [0.2, 0.25) is 0 Å². The first-order chi connectivity index (χ1) is 12.6. The van der Waals surface area contributed by atoms with Crippen LogP contribution in [0.1, 0.15) is 16.8 Å². The van der Waals surface area contributed by atoms with E-state index in [9.17, 15) is 9.59 Å². The van der Waals surface area contributed by atoms with Crippen molar-refractivity contribution in [2.75, 3.05) is 6.61 Å². The Balaban J connectivity index is 1.46. The lowest BCUT2D eigenvalue weighted by Crippen LogP contribution is -2.29. The molecule has 0 radical (unpaired) electrons. The second kappa shape index (κ2) is 6.63. The Morgan fingerprint density at radius 1 is 1.31 bits per heavy atom. The summed E-state index contributed by atoms with van der Waals surface area (Å²) < 4.78 is 12.5. The van der Waals surface area contributed by atoms with E-state index in [4.69, 9.17) is 9.47 Å². The third-order valence-electron chi connectivity index (χ3n) is 4.44. The Hall–Kier alpha value is -3.15. The zero-order chi connectivity index (χ0) is 18.1. The monoisotopic (exact) mass is 350 g/mol. The van der Waals surface area contributed by atoms with Gasteiger partial charge in [0, 0.05) is 12.3 Å². The van der Waals surface area contributed by atoms with Crippen LogP contribution in [0.3, 0.4) is 0 Å². The van der Waals surface area contributed by atoms with Crippen molar-refractivity contribution in [2.24, 2.45) is 5.92 Å². The minimum Gasteiger partial charge on any atom is -0.492 e. The van der Waals surface area contributed by atoms with Crippen LogP contribution >= 0.6 is 0 Å². The fraction of sp³-hybridized carbons (Fsp3) is 0.250. The summed E-state index contributed by atoms with van der Waals surface area (Å²) in [5.41, 5.74) is 2.74. The number of aryl methyl sites for hydroxylation is 1. The standard InChI is InChI=1S/C20H18N2O4/c1-13-6-7-18-21-16(9-19(23)22(18)10-13)12-26-20(24)15-8-14-4-2-3-5-17(14)25-11-15/h2-7,9-10,15H,8,11-12H2,1H3. The van der Waals surface area contributed by atoms with E-state index in [1.54, 1.807) is 12.3 Å². The van der Waals surface area contributed by atoms with E-state index in [-0.39, 0.29) is 24.1 Å². The number of fused-ring (bicyclic) bond motifs is 2. The van der Waals surface area contributed by atoms with Crippen LogP contribution in [0.2, 0.25) is 0 Å². The molecule has 2 aromatic heterocycles. The Bertz CT molecular complexity index is 1040. The molecule has 6 heteroatoms. The minimum absolute atomic E-state index is 0.0312. The van der Waals surface area contributed by atoms with Crippen molar-refractivity contribution >= 4 is 11.6 Å². The lowest BCUT2D eigenvalue weighted by atomic mass is 9.97. The van der Waals surface area contributed by atoms with Crippen LogP contribution in [-0.2, 0) is 22.6 Å². The first-order valence-corrected chi connectivity index (χ1v) is 8.46. The molecule has 0 spiro atoms. The topological polar surface area (TPSA) is 69.9 Å². The average molecular weight is 350 g/mol. The zero-order valence-corrected chi connectivity index (χ0v) is 14.3. The third-order valence-corrected chi connectivity index (χ3v) is 4.44. The number of esters is 1. The van der Waals surface area contributed by atoms with Gasteiger partial charge in [-0.05, 0) is 36.6 Å². The predicted octanol–water partition coefficient (Wildman–Crippen LogP) is 2.30. The maximum Gasteiger partial charge on any atom is 0.313 e. The molecule has 3 aromatic rings. The Kier molecular flexibility index (Phi) is 4.16. The number of ether oxygens (including phenoxy) is 2. The number of benzene rings is 1. The van der Waals surface area contributed by atoms with Gasteiger partial charge in [-0.25, -0.2) is 4.98 Å². The molecular weight excluding hydrogens is 332 g/mol. The molecule has 0 saturated carbocycles. The molecule has 1 aromatic carbocycles. The number of carbonyl (C=O) groups is 1. The Morgan fingerprint density at radius 2 is 2.15 bits per heavy atom. The van der Waals surface area contributed by atoms with Gasteiger partial charge in [-0.1, -0.05) is 24.3 Å². The summed E-state index contributed by atoms with van der Waals surface area (Å²) in [5, 5.41) is 0. The fourth-order valence-corrected chi connectivity index (χ4v) is 3.07. The molecule has 1 unspecified atom stereocenters. The average Bonchev–Trinajstić information content (AvgIpc) is 2.66. The quantitative estimate of drug-likeness (QED) is 0.678. The highest BCUT2D eigenvalue weighted by Crippen LogP contribution is 2.27. The molecule has 0 saturated heterocycles. The van der Waals surface area contributed by atoms with Crippen LogP contribution in [0.5, 0.6) is 5.75 Å². The molecule has 0 amide bonds. The smallest absolute Gasteiger partial charge is 0.313 e. The number of para-hydroxylation sites is 1. The first kappa shape index (κ1) is 16.3. The summed E-state index contributed by atoms with van der Waals surface area (Å²) in [5.74, 6) is 0.121. The second-order valence-corrected chi connectivity index (χ2v) is 6.45. The van der Waals surface area contributed by atoms with Gasteiger partial charge in [-0.2, -0.15) is 0 Å². The van der Waals surface area contributed by atoms with Crippen LogP contribution in [0.15, 0.2) is 53.5 Å². The largest absolute Gasteiger partial charge is 0.492 e. The van der Waals surface area contributed by atoms with Crippen LogP contribution in [0, 0.1) is 12.8 Å². The summed E-state index contributed by atoms with van der Waals surface area (Å²) in [7, 11) is 0. The second-order valence-electron chi connectivity index (χ2n) is 6.45. The van der Waals surface area contributed by atoms with Crippen LogP contribution in [-0.4, -0.2) is 22.0 Å². The lowest BCUT2D eigenvalue weighted by Gasteiger charge is -2.23.